The molecular formula is C15H20N2O2. The second kappa shape index (κ2) is 6.27. The number of hydrogen-bond donors (Lipinski definition) is 1. The monoisotopic (exact) mass is 260 g/mol. The Hall–Kier alpha value is -1.97. The van der Waals surface area contributed by atoms with E-state index in [4.69, 9.17) is 9.94 Å². The lowest BCUT2D eigenvalue weighted by atomic mass is 10.2. The summed E-state index contributed by atoms with van der Waals surface area (Å²) in [4.78, 5) is 0. The van der Waals surface area contributed by atoms with Gasteiger partial charge in [0, 0.05) is 11.9 Å². The number of nitrogens with zero attached hydrogens (tertiary/aromatic N) is 2. The standard InChI is InChI=1S/C15H20N2O2/c1-3-5-10-17-14-9-7-6-8-12(14)13(11-16-18)15(17)19-4-2/h6-9,11,18H,3-5,10H2,1-2H3. The zero-order valence-electron chi connectivity index (χ0n) is 11.5. The first kappa shape index (κ1) is 13.5. The van der Waals surface area contributed by atoms with Gasteiger partial charge in [0.05, 0.1) is 23.9 Å². The summed E-state index contributed by atoms with van der Waals surface area (Å²) in [6.45, 7) is 5.63. The van der Waals surface area contributed by atoms with Crippen LogP contribution in [0.3, 0.4) is 0 Å². The molecule has 4 nitrogen and oxygen atoms in total. The summed E-state index contributed by atoms with van der Waals surface area (Å²) in [6.07, 6.45) is 3.67. The lowest BCUT2D eigenvalue weighted by molar-refractivity contribution is 0.307. The fraction of sp³-hybridized carbons (Fsp3) is 0.400. The Labute approximate surface area is 113 Å². The van der Waals surface area contributed by atoms with Crippen LogP contribution in [0.4, 0.5) is 0 Å². The predicted molar refractivity (Wildman–Crippen MR) is 77.4 cm³/mol. The number of aromatic nitrogens is 1. The Morgan fingerprint density at radius 2 is 2.11 bits per heavy atom. The Balaban J connectivity index is 2.63. The minimum Gasteiger partial charge on any atom is -0.479 e. The zero-order chi connectivity index (χ0) is 13.7. The van der Waals surface area contributed by atoms with Gasteiger partial charge in [0.1, 0.15) is 0 Å². The summed E-state index contributed by atoms with van der Waals surface area (Å²) in [5.74, 6) is 0.787. The summed E-state index contributed by atoms with van der Waals surface area (Å²) >= 11 is 0. The summed E-state index contributed by atoms with van der Waals surface area (Å²) < 4.78 is 7.93. The van der Waals surface area contributed by atoms with E-state index in [0.29, 0.717) is 6.61 Å². The Morgan fingerprint density at radius 3 is 2.79 bits per heavy atom. The van der Waals surface area contributed by atoms with Crippen molar-refractivity contribution in [1.29, 1.82) is 0 Å². The smallest absolute Gasteiger partial charge is 0.203 e. The second-order valence-electron chi connectivity index (χ2n) is 4.42. The maximum absolute atomic E-state index is 8.86. The molecule has 2 aromatic rings. The highest BCUT2D eigenvalue weighted by Crippen LogP contribution is 2.31. The van der Waals surface area contributed by atoms with Crippen LogP contribution in [0, 0.1) is 0 Å². The third-order valence-electron chi connectivity index (χ3n) is 3.16. The number of hydrogen-bond acceptors (Lipinski definition) is 3. The molecule has 4 heteroatoms. The first-order valence-corrected chi connectivity index (χ1v) is 6.74. The van der Waals surface area contributed by atoms with E-state index in [9.17, 15) is 0 Å². The minimum absolute atomic E-state index is 0.592. The van der Waals surface area contributed by atoms with Crippen molar-refractivity contribution < 1.29 is 9.94 Å². The highest BCUT2D eigenvalue weighted by molar-refractivity contribution is 6.02. The molecule has 102 valence electrons. The number of rotatable bonds is 6. The molecule has 0 aliphatic heterocycles. The molecule has 0 atom stereocenters. The predicted octanol–water partition coefficient (Wildman–Crippen LogP) is 3.65. The van der Waals surface area contributed by atoms with Crippen molar-refractivity contribution in [2.24, 2.45) is 5.16 Å². The average molecular weight is 260 g/mol. The molecule has 0 bridgehead atoms. The van der Waals surface area contributed by atoms with Gasteiger partial charge in [0.15, 0.2) is 0 Å². The summed E-state index contributed by atoms with van der Waals surface area (Å²) in [7, 11) is 0. The number of aryl methyl sites for hydroxylation is 1. The first-order chi connectivity index (χ1) is 9.33. The normalized spacial score (nSPS) is 11.5. The molecular weight excluding hydrogens is 240 g/mol. The van der Waals surface area contributed by atoms with Crippen molar-refractivity contribution in [3.63, 3.8) is 0 Å². The van der Waals surface area contributed by atoms with Gasteiger partial charge in [-0.05, 0) is 19.4 Å². The van der Waals surface area contributed by atoms with Crippen LogP contribution >= 0.6 is 0 Å². The molecule has 19 heavy (non-hydrogen) atoms. The van der Waals surface area contributed by atoms with E-state index in [1.807, 2.05) is 25.1 Å². The van der Waals surface area contributed by atoms with Gasteiger partial charge in [-0.25, -0.2) is 0 Å². The van der Waals surface area contributed by atoms with Gasteiger partial charge in [-0.15, -0.1) is 0 Å². The van der Waals surface area contributed by atoms with Gasteiger partial charge in [-0.1, -0.05) is 36.7 Å². The van der Waals surface area contributed by atoms with Crippen LogP contribution in [0.25, 0.3) is 10.9 Å². The van der Waals surface area contributed by atoms with E-state index < -0.39 is 0 Å². The zero-order valence-corrected chi connectivity index (χ0v) is 11.5. The van der Waals surface area contributed by atoms with Crippen molar-refractivity contribution in [2.75, 3.05) is 6.61 Å². The van der Waals surface area contributed by atoms with E-state index in [1.165, 1.54) is 6.21 Å². The number of fused-ring (bicyclic) bond motifs is 1. The minimum atomic E-state index is 0.592. The molecule has 0 aliphatic rings. The van der Waals surface area contributed by atoms with Crippen molar-refractivity contribution >= 4 is 17.1 Å². The number of benzene rings is 1. The van der Waals surface area contributed by atoms with Gasteiger partial charge in [0.25, 0.3) is 0 Å². The maximum Gasteiger partial charge on any atom is 0.203 e. The quantitative estimate of drug-likeness (QED) is 0.489. The van der Waals surface area contributed by atoms with E-state index in [-0.39, 0.29) is 0 Å². The highest BCUT2D eigenvalue weighted by atomic mass is 16.5. The van der Waals surface area contributed by atoms with E-state index in [2.05, 4.69) is 22.7 Å². The van der Waals surface area contributed by atoms with Crippen LogP contribution in [-0.2, 0) is 6.54 Å². The van der Waals surface area contributed by atoms with Crippen molar-refractivity contribution in [3.05, 3.63) is 29.8 Å². The molecule has 0 amide bonds. The number of unbranched alkanes of at least 4 members (excludes halogenated alkanes) is 1. The van der Waals surface area contributed by atoms with Crippen LogP contribution < -0.4 is 4.74 Å². The molecule has 1 aromatic carbocycles. The largest absolute Gasteiger partial charge is 0.479 e. The Kier molecular flexibility index (Phi) is 4.44. The molecule has 0 radical (unpaired) electrons. The maximum atomic E-state index is 8.86. The fourth-order valence-corrected chi connectivity index (χ4v) is 2.32. The molecule has 1 N–H and O–H groups in total. The molecule has 1 heterocycles. The van der Waals surface area contributed by atoms with Gasteiger partial charge in [-0.3, -0.25) is 0 Å². The van der Waals surface area contributed by atoms with Crippen LogP contribution in [0.5, 0.6) is 5.88 Å². The fourth-order valence-electron chi connectivity index (χ4n) is 2.32. The van der Waals surface area contributed by atoms with Crippen molar-refractivity contribution in [1.82, 2.24) is 4.57 Å². The molecule has 0 unspecified atom stereocenters. The molecule has 0 saturated heterocycles. The van der Waals surface area contributed by atoms with E-state index in [1.54, 1.807) is 0 Å². The van der Waals surface area contributed by atoms with Crippen LogP contribution in [-0.4, -0.2) is 22.6 Å². The molecule has 0 spiro atoms. The first-order valence-electron chi connectivity index (χ1n) is 6.74. The number of oxime groups is 1. The summed E-state index contributed by atoms with van der Waals surface area (Å²) in [6, 6.07) is 8.09. The summed E-state index contributed by atoms with van der Waals surface area (Å²) in [5.41, 5.74) is 1.96. The van der Waals surface area contributed by atoms with E-state index in [0.717, 1.165) is 41.7 Å². The third kappa shape index (κ3) is 2.57. The van der Waals surface area contributed by atoms with Gasteiger partial charge >= 0.3 is 0 Å². The average Bonchev–Trinajstić information content (AvgIpc) is 2.72. The lowest BCUT2D eigenvalue weighted by Crippen LogP contribution is -2.04. The Morgan fingerprint density at radius 1 is 1.32 bits per heavy atom. The summed E-state index contributed by atoms with van der Waals surface area (Å²) in [5, 5.41) is 13.1. The number of para-hydroxylation sites is 1. The topological polar surface area (TPSA) is 46.8 Å². The SMILES string of the molecule is CCCCn1c(OCC)c(C=NO)c2ccccc21. The Bertz CT molecular complexity index is 573. The second-order valence-corrected chi connectivity index (χ2v) is 4.42. The van der Waals surface area contributed by atoms with Crippen LogP contribution in [0.15, 0.2) is 29.4 Å². The van der Waals surface area contributed by atoms with E-state index >= 15 is 0 Å². The lowest BCUT2D eigenvalue weighted by Gasteiger charge is -2.10. The van der Waals surface area contributed by atoms with Gasteiger partial charge in [-0.2, -0.15) is 0 Å². The molecule has 0 aliphatic carbocycles. The molecule has 2 rings (SSSR count). The van der Waals surface area contributed by atoms with Gasteiger partial charge < -0.3 is 14.5 Å². The highest BCUT2D eigenvalue weighted by Gasteiger charge is 2.16. The molecule has 0 fully saturated rings. The van der Waals surface area contributed by atoms with Gasteiger partial charge in [0.2, 0.25) is 5.88 Å². The third-order valence-corrected chi connectivity index (χ3v) is 3.16. The molecule has 0 saturated carbocycles. The molecule has 1 aromatic heterocycles. The van der Waals surface area contributed by atoms with Crippen molar-refractivity contribution in [3.8, 4) is 5.88 Å². The number of ether oxygens (including phenoxy) is 1. The van der Waals surface area contributed by atoms with Crippen LogP contribution in [0.2, 0.25) is 0 Å². The van der Waals surface area contributed by atoms with Crippen molar-refractivity contribution in [2.45, 2.75) is 33.2 Å². The van der Waals surface area contributed by atoms with Crippen LogP contribution in [0.1, 0.15) is 32.3 Å².